The lowest BCUT2D eigenvalue weighted by Crippen LogP contribution is -2.44. The molecule has 3 aliphatic rings. The summed E-state index contributed by atoms with van der Waals surface area (Å²) < 4.78 is 30.8. The zero-order valence-electron chi connectivity index (χ0n) is 36.1. The van der Waals surface area contributed by atoms with E-state index in [1.807, 2.05) is 36.4 Å². The van der Waals surface area contributed by atoms with Crippen LogP contribution in [0.2, 0.25) is 0 Å². The van der Waals surface area contributed by atoms with Crippen molar-refractivity contribution in [2.24, 2.45) is 10.8 Å². The number of anilines is 1. The second-order valence-electron chi connectivity index (χ2n) is 18.5. The lowest BCUT2D eigenvalue weighted by atomic mass is 9.52. The second-order valence-corrected chi connectivity index (χ2v) is 18.5. The molecule has 6 aromatic carbocycles. The molecule has 0 aromatic heterocycles. The predicted molar refractivity (Wildman–Crippen MR) is 241 cm³/mol. The topological polar surface area (TPSA) is 49.4 Å². The van der Waals surface area contributed by atoms with Crippen LogP contribution in [0.5, 0.6) is 28.7 Å². The molecule has 6 nitrogen and oxygen atoms in total. The van der Waals surface area contributed by atoms with Gasteiger partial charge in [0, 0.05) is 64.5 Å². The molecule has 0 amide bonds. The zero-order chi connectivity index (χ0) is 41.5. The average molecular weight is 786 g/mol. The third kappa shape index (κ3) is 6.05. The van der Waals surface area contributed by atoms with Crippen molar-refractivity contribution in [3.05, 3.63) is 137 Å². The van der Waals surface area contributed by atoms with E-state index in [2.05, 4.69) is 126 Å². The van der Waals surface area contributed by atoms with Crippen LogP contribution in [0, 0.1) is 10.8 Å². The van der Waals surface area contributed by atoms with E-state index in [9.17, 15) is 0 Å². The Labute approximate surface area is 349 Å². The molecule has 59 heavy (non-hydrogen) atoms. The van der Waals surface area contributed by atoms with Crippen LogP contribution in [0.4, 0.5) is 5.69 Å². The Kier molecular flexibility index (Phi) is 9.08. The van der Waals surface area contributed by atoms with Crippen LogP contribution in [-0.4, -0.2) is 42.5 Å². The molecule has 1 spiro atoms. The number of fused-ring (bicyclic) bond motifs is 10. The van der Waals surface area contributed by atoms with Crippen molar-refractivity contribution < 1.29 is 23.7 Å². The Balaban J connectivity index is 1.43. The van der Waals surface area contributed by atoms with Gasteiger partial charge in [-0.3, -0.25) is 0 Å². The minimum Gasteiger partial charge on any atom is -0.497 e. The first-order valence-electron chi connectivity index (χ1n) is 20.6. The minimum atomic E-state index is -0.964. The summed E-state index contributed by atoms with van der Waals surface area (Å²) in [4.78, 5) is 2.22. The van der Waals surface area contributed by atoms with Gasteiger partial charge in [-0.05, 0) is 112 Å². The average Bonchev–Trinajstić information content (AvgIpc) is 3.49. The van der Waals surface area contributed by atoms with Crippen LogP contribution in [0.3, 0.4) is 0 Å². The van der Waals surface area contributed by atoms with Gasteiger partial charge in [0.25, 0.3) is 0 Å². The van der Waals surface area contributed by atoms with Gasteiger partial charge in [-0.25, -0.2) is 0 Å². The molecule has 2 aliphatic carbocycles. The molecule has 1 aliphatic heterocycles. The van der Waals surface area contributed by atoms with Crippen molar-refractivity contribution in [1.82, 2.24) is 0 Å². The minimum absolute atomic E-state index is 0.108. The van der Waals surface area contributed by atoms with Crippen molar-refractivity contribution in [1.29, 1.82) is 0 Å². The fourth-order valence-corrected chi connectivity index (χ4v) is 11.5. The van der Waals surface area contributed by atoms with Crippen molar-refractivity contribution >= 4 is 22.5 Å². The van der Waals surface area contributed by atoms with E-state index in [1.54, 1.807) is 28.4 Å². The number of hydrogen-bond acceptors (Lipinski definition) is 6. The van der Waals surface area contributed by atoms with E-state index >= 15 is 0 Å². The Morgan fingerprint density at radius 1 is 0.576 bits per heavy atom. The lowest BCUT2D eigenvalue weighted by Gasteiger charge is -2.52. The molecule has 0 N–H and O–H groups in total. The van der Waals surface area contributed by atoms with Gasteiger partial charge >= 0.3 is 0 Å². The van der Waals surface area contributed by atoms with Crippen molar-refractivity contribution in [3.8, 4) is 51.0 Å². The lowest BCUT2D eigenvalue weighted by molar-refractivity contribution is 0.0642. The number of hydrogen-bond donors (Lipinski definition) is 0. The summed E-state index contributed by atoms with van der Waals surface area (Å²) in [7, 11) is 11.1. The van der Waals surface area contributed by atoms with Gasteiger partial charge in [-0.1, -0.05) is 82.3 Å². The van der Waals surface area contributed by atoms with Gasteiger partial charge in [-0.2, -0.15) is 0 Å². The van der Waals surface area contributed by atoms with E-state index in [1.165, 1.54) is 27.6 Å². The van der Waals surface area contributed by atoms with Gasteiger partial charge in [-0.15, -0.1) is 0 Å². The molecule has 9 rings (SSSR count). The summed E-state index contributed by atoms with van der Waals surface area (Å²) in [5.41, 5.74) is 10.7. The fourth-order valence-electron chi connectivity index (χ4n) is 11.5. The third-order valence-electron chi connectivity index (χ3n) is 13.1. The van der Waals surface area contributed by atoms with E-state index in [0.717, 1.165) is 86.9 Å². The van der Waals surface area contributed by atoms with Crippen LogP contribution >= 0.6 is 0 Å². The van der Waals surface area contributed by atoms with Crippen LogP contribution in [0.15, 0.2) is 109 Å². The number of nitrogens with zero attached hydrogens (tertiary/aromatic N) is 1. The third-order valence-corrected chi connectivity index (χ3v) is 13.1. The molecule has 0 atom stereocenters. The quantitative estimate of drug-likeness (QED) is 0.153. The van der Waals surface area contributed by atoms with Gasteiger partial charge in [0.1, 0.15) is 28.7 Å². The highest BCUT2D eigenvalue weighted by molar-refractivity contribution is 6.12. The highest BCUT2D eigenvalue weighted by Crippen LogP contribution is 2.67. The largest absolute Gasteiger partial charge is 0.497 e. The molecule has 0 saturated heterocycles. The molecule has 0 unspecified atom stereocenters. The highest BCUT2D eigenvalue weighted by atomic mass is 16.5. The first kappa shape index (κ1) is 38.6. The molecule has 1 heterocycles. The standard InChI is InChI=1S/C53H55NO5/c1-50(2)30-51(3,4)32-52(31-50)44-14-12-11-13-39(44)47-42-29-45(54(5)6)41(38-24-23-37(57-9)27-46(38)58-10)28-43(42)49-40(48(47)52)25-26-53(59-49,33-15-19-35(55-7)20-16-33)34-17-21-36(56-8)22-18-34/h11-29H,30-32H2,1-10H3. The van der Waals surface area contributed by atoms with Crippen LogP contribution in [0.1, 0.15) is 74.8 Å². The first-order chi connectivity index (χ1) is 28.3. The second kappa shape index (κ2) is 13.9. The maximum Gasteiger partial charge on any atom is 0.178 e. The molecule has 6 heteroatoms. The predicted octanol–water partition coefficient (Wildman–Crippen LogP) is 12.5. The molecular weight excluding hydrogens is 731 g/mol. The summed E-state index contributed by atoms with van der Waals surface area (Å²) in [6.45, 7) is 9.86. The Hall–Kier alpha value is -5.88. The van der Waals surface area contributed by atoms with E-state index in [0.29, 0.717) is 0 Å². The van der Waals surface area contributed by atoms with Crippen molar-refractivity contribution in [2.45, 2.75) is 58.0 Å². The molecule has 1 fully saturated rings. The Bertz CT molecular complexity index is 2570. The van der Waals surface area contributed by atoms with Gasteiger partial charge in [0.05, 0.1) is 28.4 Å². The fraction of sp³-hybridized carbons (Fsp3) is 0.321. The monoisotopic (exact) mass is 785 g/mol. The number of ether oxygens (including phenoxy) is 5. The summed E-state index contributed by atoms with van der Waals surface area (Å²) in [6, 6.07) is 36.5. The normalized spacial score (nSPS) is 17.4. The molecule has 0 bridgehead atoms. The number of benzene rings is 6. The molecule has 6 aromatic rings. The van der Waals surface area contributed by atoms with E-state index in [4.69, 9.17) is 23.7 Å². The summed E-state index contributed by atoms with van der Waals surface area (Å²) in [5, 5.41) is 2.23. The Morgan fingerprint density at radius 3 is 1.75 bits per heavy atom. The SMILES string of the molecule is COc1ccc(C2(c3ccc(OC)cc3)C=Cc3c4c(c5cc(N(C)C)c(-c6ccc(OC)cc6OC)cc5c3O2)-c2ccccc2C42CC(C)(C)CC(C)(C)C2)cc1. The van der Waals surface area contributed by atoms with E-state index in [-0.39, 0.29) is 16.2 Å². The number of methoxy groups -OCH3 is 4. The Morgan fingerprint density at radius 2 is 1.17 bits per heavy atom. The van der Waals surface area contributed by atoms with E-state index < -0.39 is 5.60 Å². The van der Waals surface area contributed by atoms with Crippen molar-refractivity contribution in [2.75, 3.05) is 47.4 Å². The maximum atomic E-state index is 7.87. The number of rotatable bonds is 8. The van der Waals surface area contributed by atoms with Crippen molar-refractivity contribution in [3.63, 3.8) is 0 Å². The van der Waals surface area contributed by atoms with Gasteiger partial charge < -0.3 is 28.6 Å². The summed E-state index contributed by atoms with van der Waals surface area (Å²) in [5.74, 6) is 3.94. The smallest absolute Gasteiger partial charge is 0.178 e. The van der Waals surface area contributed by atoms with Crippen LogP contribution in [0.25, 0.3) is 39.1 Å². The van der Waals surface area contributed by atoms with Gasteiger partial charge in [0.2, 0.25) is 0 Å². The van der Waals surface area contributed by atoms with Crippen LogP contribution < -0.4 is 28.6 Å². The maximum absolute atomic E-state index is 7.87. The molecule has 1 saturated carbocycles. The first-order valence-corrected chi connectivity index (χ1v) is 20.6. The summed E-state index contributed by atoms with van der Waals surface area (Å²) in [6.07, 6.45) is 7.91. The highest BCUT2D eigenvalue weighted by Gasteiger charge is 2.55. The van der Waals surface area contributed by atoms with Crippen LogP contribution in [-0.2, 0) is 11.0 Å². The summed E-state index contributed by atoms with van der Waals surface area (Å²) >= 11 is 0. The zero-order valence-corrected chi connectivity index (χ0v) is 36.1. The molecule has 302 valence electrons. The van der Waals surface area contributed by atoms with Gasteiger partial charge in [0.15, 0.2) is 5.60 Å². The molecular formula is C53H55NO5. The molecule has 0 radical (unpaired) electrons.